The molecule has 3 aliphatic rings. The minimum absolute atomic E-state index is 0.0939. The lowest BCUT2D eigenvalue weighted by Crippen LogP contribution is -2.46. The molecule has 0 saturated heterocycles. The second-order valence-corrected chi connectivity index (χ2v) is 8.64. The van der Waals surface area contributed by atoms with E-state index in [9.17, 15) is 4.79 Å². The summed E-state index contributed by atoms with van der Waals surface area (Å²) in [6.45, 7) is 11.2. The molecular weight excluding hydrogens is 236 g/mol. The summed E-state index contributed by atoms with van der Waals surface area (Å²) < 4.78 is 5.85. The Kier molecular flexibility index (Phi) is 2.67. The van der Waals surface area contributed by atoms with Crippen molar-refractivity contribution < 1.29 is 9.53 Å². The van der Waals surface area contributed by atoms with E-state index in [-0.39, 0.29) is 22.9 Å². The molecule has 0 aromatic heterocycles. The lowest BCUT2D eigenvalue weighted by Gasteiger charge is -2.46. The van der Waals surface area contributed by atoms with Gasteiger partial charge in [-0.1, -0.05) is 34.1 Å². The molecule has 108 valence electrons. The smallest absolute Gasteiger partial charge is 0.302 e. The van der Waals surface area contributed by atoms with Crippen LogP contribution in [0.5, 0.6) is 0 Å². The molecule has 0 heterocycles. The standard InChI is InChI=1S/C17H28O2/c1-11(18)19-14-16(4)7-6-8-17(14,5)13-10-15(2,3)9-12(13)16/h12-14H,6-10H2,1-5H3/t12-,13+,14?,16+,17-. The van der Waals surface area contributed by atoms with Gasteiger partial charge in [-0.3, -0.25) is 4.79 Å². The highest BCUT2D eigenvalue weighted by molar-refractivity contribution is 5.66. The summed E-state index contributed by atoms with van der Waals surface area (Å²) in [6, 6.07) is 0. The number of carbonyl (C=O) groups excluding carboxylic acids is 1. The van der Waals surface area contributed by atoms with Crippen LogP contribution in [0.25, 0.3) is 0 Å². The van der Waals surface area contributed by atoms with E-state index >= 15 is 0 Å². The maximum atomic E-state index is 11.5. The molecule has 3 fully saturated rings. The summed E-state index contributed by atoms with van der Waals surface area (Å²) in [7, 11) is 0. The van der Waals surface area contributed by atoms with E-state index in [2.05, 4.69) is 27.7 Å². The second kappa shape index (κ2) is 3.77. The molecule has 0 aromatic carbocycles. The molecular formula is C17H28O2. The van der Waals surface area contributed by atoms with Crippen molar-refractivity contribution in [3.8, 4) is 0 Å². The number of esters is 1. The van der Waals surface area contributed by atoms with Crippen molar-refractivity contribution in [1.29, 1.82) is 0 Å². The summed E-state index contributed by atoms with van der Waals surface area (Å²) >= 11 is 0. The zero-order chi connectivity index (χ0) is 14.1. The number of rotatable bonds is 1. The molecule has 5 atom stereocenters. The van der Waals surface area contributed by atoms with Crippen molar-refractivity contribution in [3.05, 3.63) is 0 Å². The lowest BCUT2D eigenvalue weighted by atomic mass is 9.63. The Labute approximate surface area is 117 Å². The maximum Gasteiger partial charge on any atom is 0.302 e. The molecule has 2 bridgehead atoms. The first-order valence-corrected chi connectivity index (χ1v) is 7.86. The fourth-order valence-corrected chi connectivity index (χ4v) is 6.00. The molecule has 3 aliphatic carbocycles. The van der Waals surface area contributed by atoms with Crippen molar-refractivity contribution in [3.63, 3.8) is 0 Å². The zero-order valence-corrected chi connectivity index (χ0v) is 13.1. The molecule has 0 aromatic rings. The highest BCUT2D eigenvalue weighted by Crippen LogP contribution is 2.72. The van der Waals surface area contributed by atoms with Crippen LogP contribution in [0.1, 0.15) is 66.7 Å². The van der Waals surface area contributed by atoms with E-state index in [1.54, 1.807) is 6.92 Å². The molecule has 0 radical (unpaired) electrons. The molecule has 0 aliphatic heterocycles. The number of hydrogen-bond donors (Lipinski definition) is 0. The summed E-state index contributed by atoms with van der Waals surface area (Å²) in [5.74, 6) is 1.40. The fraction of sp³-hybridized carbons (Fsp3) is 0.941. The van der Waals surface area contributed by atoms with Crippen molar-refractivity contribution in [1.82, 2.24) is 0 Å². The van der Waals surface area contributed by atoms with E-state index in [1.807, 2.05) is 0 Å². The maximum absolute atomic E-state index is 11.5. The molecule has 0 N–H and O–H groups in total. The average molecular weight is 264 g/mol. The molecule has 3 rings (SSSR count). The number of hydrogen-bond acceptors (Lipinski definition) is 2. The van der Waals surface area contributed by atoms with Crippen molar-refractivity contribution in [2.24, 2.45) is 28.1 Å². The van der Waals surface area contributed by atoms with Crippen LogP contribution < -0.4 is 0 Å². The van der Waals surface area contributed by atoms with Gasteiger partial charge >= 0.3 is 5.97 Å². The first-order valence-electron chi connectivity index (χ1n) is 7.86. The second-order valence-electron chi connectivity index (χ2n) is 8.64. The van der Waals surface area contributed by atoms with Crippen LogP contribution in [0.3, 0.4) is 0 Å². The zero-order valence-electron chi connectivity index (χ0n) is 13.1. The normalized spacial score (nSPS) is 50.9. The van der Waals surface area contributed by atoms with Gasteiger partial charge in [-0.15, -0.1) is 0 Å². The summed E-state index contributed by atoms with van der Waals surface area (Å²) in [5, 5.41) is 0. The third-order valence-electron chi connectivity index (χ3n) is 6.64. The van der Waals surface area contributed by atoms with Gasteiger partial charge < -0.3 is 4.74 Å². The van der Waals surface area contributed by atoms with Crippen molar-refractivity contribution in [2.45, 2.75) is 72.8 Å². The highest BCUT2D eigenvalue weighted by Gasteiger charge is 2.69. The lowest BCUT2D eigenvalue weighted by molar-refractivity contribution is -0.166. The minimum Gasteiger partial charge on any atom is -0.461 e. The predicted octanol–water partition coefficient (Wildman–Crippen LogP) is 4.18. The number of ether oxygens (including phenoxy) is 1. The van der Waals surface area contributed by atoms with Crippen LogP contribution in [0, 0.1) is 28.1 Å². The Morgan fingerprint density at radius 1 is 1.00 bits per heavy atom. The Balaban J connectivity index is 2.01. The topological polar surface area (TPSA) is 26.3 Å². The van der Waals surface area contributed by atoms with Crippen molar-refractivity contribution >= 4 is 5.97 Å². The molecule has 3 saturated carbocycles. The predicted molar refractivity (Wildman–Crippen MR) is 75.6 cm³/mol. The third-order valence-corrected chi connectivity index (χ3v) is 6.64. The van der Waals surface area contributed by atoms with E-state index in [1.165, 1.54) is 32.1 Å². The minimum atomic E-state index is -0.0939. The van der Waals surface area contributed by atoms with E-state index < -0.39 is 0 Å². The van der Waals surface area contributed by atoms with Gasteiger partial charge in [-0.2, -0.15) is 0 Å². The summed E-state index contributed by atoms with van der Waals surface area (Å²) in [4.78, 5) is 11.5. The van der Waals surface area contributed by atoms with Gasteiger partial charge in [0.25, 0.3) is 0 Å². The Morgan fingerprint density at radius 3 is 1.89 bits per heavy atom. The van der Waals surface area contributed by atoms with Gasteiger partial charge in [-0.25, -0.2) is 0 Å². The first kappa shape index (κ1) is 13.5. The van der Waals surface area contributed by atoms with E-state index in [4.69, 9.17) is 4.74 Å². The van der Waals surface area contributed by atoms with Gasteiger partial charge in [0.1, 0.15) is 6.10 Å². The molecule has 1 unspecified atom stereocenters. The Bertz CT molecular complexity index is 385. The van der Waals surface area contributed by atoms with E-state index in [0.717, 1.165) is 11.8 Å². The Morgan fingerprint density at radius 2 is 1.47 bits per heavy atom. The molecule has 0 amide bonds. The fourth-order valence-electron chi connectivity index (χ4n) is 6.00. The highest BCUT2D eigenvalue weighted by atomic mass is 16.5. The van der Waals surface area contributed by atoms with Gasteiger partial charge in [-0.05, 0) is 42.9 Å². The van der Waals surface area contributed by atoms with Crippen LogP contribution in [0.15, 0.2) is 0 Å². The molecule has 2 nitrogen and oxygen atoms in total. The van der Waals surface area contributed by atoms with Crippen LogP contribution in [0.2, 0.25) is 0 Å². The monoisotopic (exact) mass is 264 g/mol. The molecule has 0 spiro atoms. The summed E-state index contributed by atoms with van der Waals surface area (Å²) in [5.41, 5.74) is 0.907. The average Bonchev–Trinajstić information content (AvgIpc) is 2.64. The third kappa shape index (κ3) is 1.71. The van der Waals surface area contributed by atoms with Gasteiger partial charge in [0.15, 0.2) is 0 Å². The van der Waals surface area contributed by atoms with E-state index in [0.29, 0.717) is 5.41 Å². The van der Waals surface area contributed by atoms with Gasteiger partial charge in [0.2, 0.25) is 0 Å². The van der Waals surface area contributed by atoms with Gasteiger partial charge in [0.05, 0.1) is 0 Å². The van der Waals surface area contributed by atoms with Crippen LogP contribution in [-0.4, -0.2) is 12.1 Å². The number of carbonyl (C=O) groups is 1. The summed E-state index contributed by atoms with van der Waals surface area (Å²) in [6.07, 6.45) is 6.54. The first-order chi connectivity index (χ1) is 8.69. The van der Waals surface area contributed by atoms with Crippen LogP contribution in [-0.2, 0) is 9.53 Å². The molecule has 19 heavy (non-hydrogen) atoms. The quantitative estimate of drug-likeness (QED) is 0.664. The van der Waals surface area contributed by atoms with Crippen LogP contribution in [0.4, 0.5) is 0 Å². The largest absolute Gasteiger partial charge is 0.461 e. The van der Waals surface area contributed by atoms with Crippen molar-refractivity contribution in [2.75, 3.05) is 0 Å². The number of fused-ring (bicyclic) bond motifs is 5. The SMILES string of the molecule is CC(=O)OC1[C@]2(C)CCC[C@@]1(C)[C@@H]1CC(C)(C)C[C@@H]12. The molecule has 2 heteroatoms. The van der Waals surface area contributed by atoms with Gasteiger partial charge in [0, 0.05) is 17.8 Å². The van der Waals surface area contributed by atoms with Crippen LogP contribution >= 0.6 is 0 Å². The Hall–Kier alpha value is -0.530.